The number of nitrogens with two attached hydrogens (primary N) is 1. The predicted octanol–water partition coefficient (Wildman–Crippen LogP) is 1.51. The van der Waals surface area contributed by atoms with E-state index < -0.39 is 0 Å². The number of amides is 1. The fourth-order valence-corrected chi connectivity index (χ4v) is 2.28. The van der Waals surface area contributed by atoms with E-state index in [1.54, 1.807) is 0 Å². The highest BCUT2D eigenvalue weighted by molar-refractivity contribution is 5.75. The summed E-state index contributed by atoms with van der Waals surface area (Å²) in [7, 11) is 0. The lowest BCUT2D eigenvalue weighted by Crippen LogP contribution is -2.28. The van der Waals surface area contributed by atoms with Gasteiger partial charge in [-0.2, -0.15) is 0 Å². The molecule has 0 aliphatic carbocycles. The van der Waals surface area contributed by atoms with Gasteiger partial charge in [-0.25, -0.2) is 0 Å². The third kappa shape index (κ3) is 6.14. The molecule has 5 nitrogen and oxygen atoms in total. The molecule has 1 heterocycles. The molecule has 2 rings (SSSR count). The maximum Gasteiger partial charge on any atom is 0.222 e. The normalized spacial score (nSPS) is 15.8. The lowest BCUT2D eigenvalue weighted by atomic mass is 10.1. The van der Waals surface area contributed by atoms with Crippen LogP contribution in [0, 0.1) is 0 Å². The van der Waals surface area contributed by atoms with Gasteiger partial charge in [0.1, 0.15) is 0 Å². The van der Waals surface area contributed by atoms with Crippen molar-refractivity contribution in [1.29, 1.82) is 0 Å². The molecule has 1 aromatic rings. The molecule has 1 aliphatic heterocycles. The van der Waals surface area contributed by atoms with Crippen LogP contribution < -0.4 is 11.1 Å². The van der Waals surface area contributed by atoms with Crippen LogP contribution in [0.3, 0.4) is 0 Å². The molecule has 21 heavy (non-hydrogen) atoms. The van der Waals surface area contributed by atoms with Crippen molar-refractivity contribution in [3.8, 4) is 0 Å². The summed E-state index contributed by atoms with van der Waals surface area (Å²) in [6.07, 6.45) is 3.34. The Morgan fingerprint density at radius 3 is 2.71 bits per heavy atom. The van der Waals surface area contributed by atoms with E-state index in [0.717, 1.165) is 38.2 Å². The second kappa shape index (κ2) is 8.64. The van der Waals surface area contributed by atoms with Gasteiger partial charge in [0.15, 0.2) is 0 Å². The van der Waals surface area contributed by atoms with E-state index in [4.69, 9.17) is 15.2 Å². The number of nitrogen functional groups attached to an aromatic ring is 1. The van der Waals surface area contributed by atoms with Crippen molar-refractivity contribution in [2.24, 2.45) is 0 Å². The van der Waals surface area contributed by atoms with Crippen LogP contribution in [0.4, 0.5) is 5.69 Å². The van der Waals surface area contributed by atoms with Crippen molar-refractivity contribution in [2.45, 2.75) is 31.8 Å². The molecule has 0 atom stereocenters. The number of hydrogen-bond acceptors (Lipinski definition) is 4. The van der Waals surface area contributed by atoms with Gasteiger partial charge in [0.25, 0.3) is 0 Å². The summed E-state index contributed by atoms with van der Waals surface area (Å²) in [5, 5.41) is 2.91. The Morgan fingerprint density at radius 2 is 2.00 bits per heavy atom. The molecule has 1 aliphatic rings. The smallest absolute Gasteiger partial charge is 0.222 e. The maximum atomic E-state index is 11.7. The van der Waals surface area contributed by atoms with Crippen LogP contribution in [0.15, 0.2) is 24.3 Å². The second-order valence-electron chi connectivity index (χ2n) is 5.27. The van der Waals surface area contributed by atoms with Crippen molar-refractivity contribution in [3.05, 3.63) is 29.8 Å². The predicted molar refractivity (Wildman–Crippen MR) is 82.0 cm³/mol. The van der Waals surface area contributed by atoms with Gasteiger partial charge in [0, 0.05) is 31.9 Å². The molecular formula is C16H24N2O3. The van der Waals surface area contributed by atoms with E-state index in [1.807, 2.05) is 24.3 Å². The monoisotopic (exact) mass is 292 g/mol. The van der Waals surface area contributed by atoms with E-state index in [0.29, 0.717) is 19.6 Å². The van der Waals surface area contributed by atoms with Gasteiger partial charge >= 0.3 is 0 Å². The molecule has 0 bridgehead atoms. The van der Waals surface area contributed by atoms with Gasteiger partial charge in [-0.1, -0.05) is 12.1 Å². The van der Waals surface area contributed by atoms with Crippen molar-refractivity contribution in [3.63, 3.8) is 0 Å². The minimum Gasteiger partial charge on any atom is -0.399 e. The van der Waals surface area contributed by atoms with Gasteiger partial charge in [0.05, 0.1) is 12.7 Å². The zero-order valence-electron chi connectivity index (χ0n) is 12.3. The lowest BCUT2D eigenvalue weighted by molar-refractivity contribution is -0.123. The van der Waals surface area contributed by atoms with Crippen LogP contribution in [-0.2, 0) is 20.7 Å². The Balaban J connectivity index is 1.54. The molecule has 0 saturated carbocycles. The zero-order chi connectivity index (χ0) is 14.9. The zero-order valence-corrected chi connectivity index (χ0v) is 12.3. The summed E-state index contributed by atoms with van der Waals surface area (Å²) < 4.78 is 10.9. The van der Waals surface area contributed by atoms with Crippen LogP contribution in [-0.4, -0.2) is 38.4 Å². The van der Waals surface area contributed by atoms with Crippen molar-refractivity contribution in [1.82, 2.24) is 5.32 Å². The number of benzene rings is 1. The third-order valence-electron chi connectivity index (χ3n) is 3.57. The first-order valence-corrected chi connectivity index (χ1v) is 7.54. The standard InChI is InChI=1S/C16H24N2O3/c17-14-3-1-13(2-4-14)5-9-18-16(19)8-12-21-15-6-10-20-11-7-15/h1-4,15H,5-12,17H2,(H,18,19). The van der Waals surface area contributed by atoms with Crippen LogP contribution in [0.2, 0.25) is 0 Å². The van der Waals surface area contributed by atoms with E-state index >= 15 is 0 Å². The van der Waals surface area contributed by atoms with Crippen LogP contribution in [0.1, 0.15) is 24.8 Å². The number of hydrogen-bond donors (Lipinski definition) is 2. The van der Waals surface area contributed by atoms with E-state index in [9.17, 15) is 4.79 Å². The molecule has 0 unspecified atom stereocenters. The number of anilines is 1. The molecule has 0 radical (unpaired) electrons. The highest BCUT2D eigenvalue weighted by Gasteiger charge is 2.14. The second-order valence-corrected chi connectivity index (χ2v) is 5.27. The molecule has 116 valence electrons. The number of ether oxygens (including phenoxy) is 2. The van der Waals surface area contributed by atoms with Gasteiger partial charge in [-0.3, -0.25) is 4.79 Å². The minimum atomic E-state index is 0.0394. The molecule has 0 spiro atoms. The fourth-order valence-electron chi connectivity index (χ4n) is 2.28. The first-order chi connectivity index (χ1) is 10.2. The summed E-state index contributed by atoms with van der Waals surface area (Å²) in [6.45, 7) is 2.65. The van der Waals surface area contributed by atoms with E-state index in [-0.39, 0.29) is 12.0 Å². The van der Waals surface area contributed by atoms with Crippen LogP contribution >= 0.6 is 0 Å². The van der Waals surface area contributed by atoms with Crippen molar-refractivity contribution >= 4 is 11.6 Å². The van der Waals surface area contributed by atoms with E-state index in [2.05, 4.69) is 5.32 Å². The summed E-state index contributed by atoms with van der Waals surface area (Å²) in [6, 6.07) is 7.71. The maximum absolute atomic E-state index is 11.7. The van der Waals surface area contributed by atoms with Gasteiger partial charge in [0.2, 0.25) is 5.91 Å². The molecule has 0 aromatic heterocycles. The minimum absolute atomic E-state index is 0.0394. The highest BCUT2D eigenvalue weighted by atomic mass is 16.5. The summed E-state index contributed by atoms with van der Waals surface area (Å²) >= 11 is 0. The molecule has 1 amide bonds. The Kier molecular flexibility index (Phi) is 6.50. The number of rotatable bonds is 7. The number of carbonyl (C=O) groups is 1. The van der Waals surface area contributed by atoms with Crippen molar-refractivity contribution in [2.75, 3.05) is 32.1 Å². The Bertz CT molecular complexity index is 428. The third-order valence-corrected chi connectivity index (χ3v) is 3.57. The summed E-state index contributed by atoms with van der Waals surface area (Å²) in [5.41, 5.74) is 7.56. The van der Waals surface area contributed by atoms with Gasteiger partial charge in [-0.15, -0.1) is 0 Å². The highest BCUT2D eigenvalue weighted by Crippen LogP contribution is 2.10. The Morgan fingerprint density at radius 1 is 1.29 bits per heavy atom. The number of nitrogens with one attached hydrogen (secondary N) is 1. The Hall–Kier alpha value is -1.59. The van der Waals surface area contributed by atoms with Gasteiger partial charge < -0.3 is 20.5 Å². The first kappa shape index (κ1) is 15.8. The Labute approximate surface area is 125 Å². The summed E-state index contributed by atoms with van der Waals surface area (Å²) in [5.74, 6) is 0.0394. The fraction of sp³-hybridized carbons (Fsp3) is 0.562. The van der Waals surface area contributed by atoms with E-state index in [1.165, 1.54) is 5.56 Å². The average molecular weight is 292 g/mol. The SMILES string of the molecule is Nc1ccc(CCNC(=O)CCOC2CCOCC2)cc1. The largest absolute Gasteiger partial charge is 0.399 e. The molecular weight excluding hydrogens is 268 g/mol. The molecule has 1 saturated heterocycles. The molecule has 3 N–H and O–H groups in total. The number of carbonyl (C=O) groups excluding carboxylic acids is 1. The lowest BCUT2D eigenvalue weighted by Gasteiger charge is -2.22. The molecule has 5 heteroatoms. The van der Waals surface area contributed by atoms with Gasteiger partial charge in [-0.05, 0) is 37.0 Å². The van der Waals surface area contributed by atoms with Crippen LogP contribution in [0.25, 0.3) is 0 Å². The first-order valence-electron chi connectivity index (χ1n) is 7.54. The quantitative estimate of drug-likeness (QED) is 0.747. The van der Waals surface area contributed by atoms with Crippen LogP contribution in [0.5, 0.6) is 0 Å². The topological polar surface area (TPSA) is 73.6 Å². The average Bonchev–Trinajstić information content (AvgIpc) is 2.50. The molecule has 1 aromatic carbocycles. The van der Waals surface area contributed by atoms with Crippen molar-refractivity contribution < 1.29 is 14.3 Å². The molecule has 1 fully saturated rings. The summed E-state index contributed by atoms with van der Waals surface area (Å²) in [4.78, 5) is 11.7.